The first kappa shape index (κ1) is 20.2. The molecule has 0 saturated carbocycles. The Morgan fingerprint density at radius 1 is 1.04 bits per heavy atom. The average molecular weight is 357 g/mol. The van der Waals surface area contributed by atoms with E-state index in [2.05, 4.69) is 19.2 Å². The van der Waals surface area contributed by atoms with E-state index in [1.54, 1.807) is 7.11 Å². The molecule has 4 nitrogen and oxygen atoms in total. The molecule has 0 aliphatic rings. The van der Waals surface area contributed by atoms with Crippen LogP contribution in [0.15, 0.2) is 36.4 Å². The van der Waals surface area contributed by atoms with Crippen molar-refractivity contribution < 1.29 is 14.3 Å². The lowest BCUT2D eigenvalue weighted by atomic mass is 9.96. The second-order valence-corrected chi connectivity index (χ2v) is 6.85. The summed E-state index contributed by atoms with van der Waals surface area (Å²) in [7, 11) is 1.66. The molecule has 0 fully saturated rings. The molecule has 0 saturated heterocycles. The van der Waals surface area contributed by atoms with Gasteiger partial charge in [0.05, 0.1) is 7.11 Å². The van der Waals surface area contributed by atoms with E-state index in [1.165, 1.54) is 0 Å². The fourth-order valence-electron chi connectivity index (χ4n) is 3.10. The molecule has 0 radical (unpaired) electrons. The monoisotopic (exact) mass is 357 g/mol. The summed E-state index contributed by atoms with van der Waals surface area (Å²) >= 11 is 0. The van der Waals surface area contributed by atoms with Gasteiger partial charge in [-0.3, -0.25) is 4.79 Å². The van der Waals surface area contributed by atoms with Crippen molar-refractivity contribution in [3.63, 3.8) is 0 Å². The van der Waals surface area contributed by atoms with Crippen LogP contribution in [0.2, 0.25) is 0 Å². The van der Waals surface area contributed by atoms with Gasteiger partial charge in [-0.1, -0.05) is 57.4 Å². The number of ether oxygens (including phenoxy) is 2. The SMILES string of the molecule is CCCCC[C@@](C)(OCCC)C(=O)Nc1ccc(OC)c2ccccc12. The number of fused-ring (bicyclic) bond motifs is 1. The molecular formula is C22H31NO3. The highest BCUT2D eigenvalue weighted by molar-refractivity contribution is 6.06. The normalized spacial score (nSPS) is 13.4. The van der Waals surface area contributed by atoms with Crippen LogP contribution in [0.4, 0.5) is 5.69 Å². The summed E-state index contributed by atoms with van der Waals surface area (Å²) in [5.41, 5.74) is -0.0279. The van der Waals surface area contributed by atoms with E-state index in [-0.39, 0.29) is 5.91 Å². The van der Waals surface area contributed by atoms with E-state index in [4.69, 9.17) is 9.47 Å². The number of hydrogen-bond donors (Lipinski definition) is 1. The summed E-state index contributed by atoms with van der Waals surface area (Å²) in [6, 6.07) is 11.7. The third kappa shape index (κ3) is 4.76. The molecule has 26 heavy (non-hydrogen) atoms. The van der Waals surface area contributed by atoms with Crippen LogP contribution in [0.25, 0.3) is 10.8 Å². The maximum atomic E-state index is 13.1. The summed E-state index contributed by atoms with van der Waals surface area (Å²) in [5.74, 6) is 0.712. The van der Waals surface area contributed by atoms with E-state index in [9.17, 15) is 4.79 Å². The zero-order valence-corrected chi connectivity index (χ0v) is 16.4. The van der Waals surface area contributed by atoms with Gasteiger partial charge in [-0.05, 0) is 31.9 Å². The third-order valence-electron chi connectivity index (χ3n) is 4.71. The second kappa shape index (κ2) is 9.58. The predicted octanol–water partition coefficient (Wildman–Crippen LogP) is 5.55. The molecule has 1 amide bonds. The summed E-state index contributed by atoms with van der Waals surface area (Å²) in [6.45, 7) is 6.70. The van der Waals surface area contributed by atoms with E-state index < -0.39 is 5.60 Å². The maximum Gasteiger partial charge on any atom is 0.256 e. The zero-order valence-electron chi connectivity index (χ0n) is 16.4. The Labute approximate surface area is 156 Å². The van der Waals surface area contributed by atoms with Gasteiger partial charge >= 0.3 is 0 Å². The van der Waals surface area contributed by atoms with Crippen molar-refractivity contribution in [2.75, 3.05) is 19.0 Å². The topological polar surface area (TPSA) is 47.6 Å². The average Bonchev–Trinajstić information content (AvgIpc) is 2.66. The number of unbranched alkanes of at least 4 members (excludes halogenated alkanes) is 2. The fourth-order valence-corrected chi connectivity index (χ4v) is 3.10. The Bertz CT molecular complexity index is 728. The number of hydrogen-bond acceptors (Lipinski definition) is 3. The van der Waals surface area contributed by atoms with Crippen molar-refractivity contribution in [1.29, 1.82) is 0 Å². The number of methoxy groups -OCH3 is 1. The molecule has 2 rings (SSSR count). The Morgan fingerprint density at radius 3 is 2.42 bits per heavy atom. The minimum Gasteiger partial charge on any atom is -0.496 e. The van der Waals surface area contributed by atoms with Crippen molar-refractivity contribution >= 4 is 22.4 Å². The fraction of sp³-hybridized carbons (Fsp3) is 0.500. The lowest BCUT2D eigenvalue weighted by Crippen LogP contribution is -2.43. The zero-order chi connectivity index (χ0) is 19.0. The van der Waals surface area contributed by atoms with Gasteiger partial charge in [-0.15, -0.1) is 0 Å². The van der Waals surface area contributed by atoms with Crippen molar-refractivity contribution in [2.24, 2.45) is 0 Å². The second-order valence-electron chi connectivity index (χ2n) is 6.85. The van der Waals surface area contributed by atoms with Gasteiger partial charge in [0.2, 0.25) is 0 Å². The summed E-state index contributed by atoms with van der Waals surface area (Å²) in [4.78, 5) is 13.1. The molecule has 0 aliphatic heterocycles. The van der Waals surface area contributed by atoms with Crippen molar-refractivity contribution in [1.82, 2.24) is 0 Å². The molecule has 2 aromatic carbocycles. The highest BCUT2D eigenvalue weighted by Gasteiger charge is 2.33. The first-order chi connectivity index (χ1) is 12.6. The molecule has 0 unspecified atom stereocenters. The minimum absolute atomic E-state index is 0.0858. The first-order valence-corrected chi connectivity index (χ1v) is 9.57. The smallest absolute Gasteiger partial charge is 0.256 e. The van der Waals surface area contributed by atoms with Crippen LogP contribution in [0.3, 0.4) is 0 Å². The van der Waals surface area contributed by atoms with Gasteiger partial charge in [-0.25, -0.2) is 0 Å². The van der Waals surface area contributed by atoms with E-state index in [0.717, 1.165) is 54.3 Å². The van der Waals surface area contributed by atoms with Gasteiger partial charge in [0.1, 0.15) is 11.4 Å². The molecule has 0 aromatic heterocycles. The highest BCUT2D eigenvalue weighted by Crippen LogP contribution is 2.32. The van der Waals surface area contributed by atoms with Gasteiger partial charge < -0.3 is 14.8 Å². The highest BCUT2D eigenvalue weighted by atomic mass is 16.5. The Balaban J connectivity index is 2.26. The molecule has 1 atom stereocenters. The molecule has 4 heteroatoms. The number of amides is 1. The standard InChI is InChI=1S/C22H31NO3/c1-5-7-10-15-22(3,26-16-6-2)21(24)23-19-13-14-20(25-4)18-12-9-8-11-17(18)19/h8-9,11-14H,5-7,10,15-16H2,1-4H3,(H,23,24)/t22-/m1/s1. The van der Waals surface area contributed by atoms with Crippen LogP contribution in [0.5, 0.6) is 5.75 Å². The van der Waals surface area contributed by atoms with Crippen LogP contribution in [0, 0.1) is 0 Å². The number of anilines is 1. The Kier molecular flexibility index (Phi) is 7.46. The van der Waals surface area contributed by atoms with Gasteiger partial charge in [0, 0.05) is 23.1 Å². The number of rotatable bonds is 10. The molecule has 0 bridgehead atoms. The lowest BCUT2D eigenvalue weighted by Gasteiger charge is -2.29. The van der Waals surface area contributed by atoms with Crippen LogP contribution >= 0.6 is 0 Å². The Hall–Kier alpha value is -2.07. The molecular weight excluding hydrogens is 326 g/mol. The Morgan fingerprint density at radius 2 is 1.77 bits per heavy atom. The van der Waals surface area contributed by atoms with Crippen molar-refractivity contribution in [3.8, 4) is 5.75 Å². The molecule has 142 valence electrons. The minimum atomic E-state index is -0.813. The lowest BCUT2D eigenvalue weighted by molar-refractivity contribution is -0.140. The molecule has 2 aromatic rings. The van der Waals surface area contributed by atoms with Crippen LogP contribution < -0.4 is 10.1 Å². The molecule has 0 heterocycles. The quantitative estimate of drug-likeness (QED) is 0.567. The summed E-state index contributed by atoms with van der Waals surface area (Å²) in [5, 5.41) is 5.04. The third-order valence-corrected chi connectivity index (χ3v) is 4.71. The first-order valence-electron chi connectivity index (χ1n) is 9.57. The van der Waals surface area contributed by atoms with Crippen LogP contribution in [0.1, 0.15) is 52.9 Å². The van der Waals surface area contributed by atoms with E-state index >= 15 is 0 Å². The summed E-state index contributed by atoms with van der Waals surface area (Å²) < 4.78 is 11.4. The van der Waals surface area contributed by atoms with Gasteiger partial charge in [0.25, 0.3) is 5.91 Å². The maximum absolute atomic E-state index is 13.1. The van der Waals surface area contributed by atoms with Crippen LogP contribution in [-0.2, 0) is 9.53 Å². The van der Waals surface area contributed by atoms with Crippen molar-refractivity contribution in [2.45, 2.75) is 58.5 Å². The van der Waals surface area contributed by atoms with Gasteiger partial charge in [-0.2, -0.15) is 0 Å². The molecule has 1 N–H and O–H groups in total. The number of benzene rings is 2. The number of nitrogens with one attached hydrogen (secondary N) is 1. The van der Waals surface area contributed by atoms with Crippen molar-refractivity contribution in [3.05, 3.63) is 36.4 Å². The van der Waals surface area contributed by atoms with E-state index in [1.807, 2.05) is 43.3 Å². The molecule has 0 aliphatic carbocycles. The number of carbonyl (C=O) groups excluding carboxylic acids is 1. The van der Waals surface area contributed by atoms with Crippen LogP contribution in [-0.4, -0.2) is 25.2 Å². The van der Waals surface area contributed by atoms with E-state index in [0.29, 0.717) is 6.61 Å². The van der Waals surface area contributed by atoms with Gasteiger partial charge in [0.15, 0.2) is 0 Å². The predicted molar refractivity (Wildman–Crippen MR) is 108 cm³/mol. The summed E-state index contributed by atoms with van der Waals surface area (Å²) in [6.07, 6.45) is 4.81. The number of carbonyl (C=O) groups is 1. The largest absolute Gasteiger partial charge is 0.496 e. The molecule has 0 spiro atoms.